The van der Waals surface area contributed by atoms with Crippen LogP contribution in [0.1, 0.15) is 34.3 Å². The number of halogens is 1. The third-order valence-electron chi connectivity index (χ3n) is 9.06. The molecule has 4 heterocycles. The highest BCUT2D eigenvalue weighted by Gasteiger charge is 2.37. The largest absolute Gasteiger partial charge is 0.493 e. The predicted molar refractivity (Wildman–Crippen MR) is 194 cm³/mol. The van der Waals surface area contributed by atoms with Gasteiger partial charge >= 0.3 is 0 Å². The van der Waals surface area contributed by atoms with Gasteiger partial charge in [-0.15, -0.1) is 0 Å². The van der Waals surface area contributed by atoms with Crippen LogP contribution in [0.25, 0.3) is 11.3 Å². The van der Waals surface area contributed by atoms with Crippen molar-refractivity contribution in [3.8, 4) is 28.6 Å². The highest BCUT2D eigenvalue weighted by atomic mass is 35.5. The van der Waals surface area contributed by atoms with Gasteiger partial charge in [-0.05, 0) is 72.5 Å². The van der Waals surface area contributed by atoms with E-state index in [2.05, 4.69) is 15.8 Å². The van der Waals surface area contributed by atoms with E-state index in [1.54, 1.807) is 50.4 Å². The summed E-state index contributed by atoms with van der Waals surface area (Å²) in [6, 6.07) is 19.6. The number of hydrogen-bond acceptors (Lipinski definition) is 10. The molecule has 1 saturated heterocycles. The highest BCUT2D eigenvalue weighted by Crippen LogP contribution is 2.34. The lowest BCUT2D eigenvalue weighted by molar-refractivity contribution is -0.135. The van der Waals surface area contributed by atoms with Crippen LogP contribution < -0.4 is 20.1 Å². The molecule has 4 bridgehead atoms. The summed E-state index contributed by atoms with van der Waals surface area (Å²) in [4.78, 5) is 43.8. The van der Waals surface area contributed by atoms with Gasteiger partial charge in [-0.25, -0.2) is 0 Å². The van der Waals surface area contributed by atoms with Crippen LogP contribution in [-0.4, -0.2) is 98.9 Å². The van der Waals surface area contributed by atoms with Crippen molar-refractivity contribution < 1.29 is 37.9 Å². The lowest BCUT2D eigenvalue weighted by atomic mass is 9.99. The smallest absolute Gasteiger partial charge is 0.261 e. The van der Waals surface area contributed by atoms with E-state index >= 15 is 0 Å². The van der Waals surface area contributed by atoms with Gasteiger partial charge in [0.1, 0.15) is 11.3 Å². The summed E-state index contributed by atoms with van der Waals surface area (Å²) in [6.07, 6.45) is 0.495. The molecule has 2 atom stereocenters. The number of aromatic nitrogens is 1. The van der Waals surface area contributed by atoms with Gasteiger partial charge in [0.2, 0.25) is 11.8 Å². The summed E-state index contributed by atoms with van der Waals surface area (Å²) in [5.74, 6) is 1.45. The second kappa shape index (κ2) is 16.9. The number of nitrogens with zero attached hydrogens (tertiary/aromatic N) is 3. The van der Waals surface area contributed by atoms with Crippen LogP contribution in [0.4, 0.5) is 5.82 Å². The molecule has 52 heavy (non-hydrogen) atoms. The average Bonchev–Trinajstić information content (AvgIpc) is 3.57. The number of fused-ring (bicyclic) bond motifs is 9. The van der Waals surface area contributed by atoms with Gasteiger partial charge in [0.25, 0.3) is 5.91 Å². The third kappa shape index (κ3) is 8.84. The normalized spacial score (nSPS) is 18.4. The van der Waals surface area contributed by atoms with Gasteiger partial charge in [-0.2, -0.15) is 0 Å². The van der Waals surface area contributed by atoms with Gasteiger partial charge in [0.05, 0.1) is 39.0 Å². The molecule has 2 N–H and O–H groups in total. The molecule has 0 spiro atoms. The van der Waals surface area contributed by atoms with Crippen LogP contribution in [0.15, 0.2) is 71.3 Å². The molecular formula is C38H42ClN5O8. The van der Waals surface area contributed by atoms with Gasteiger partial charge in [-0.3, -0.25) is 14.4 Å². The fourth-order valence-corrected chi connectivity index (χ4v) is 6.38. The van der Waals surface area contributed by atoms with Crippen LogP contribution in [0.5, 0.6) is 17.2 Å². The van der Waals surface area contributed by atoms with Crippen molar-refractivity contribution in [2.75, 3.05) is 59.4 Å². The first-order valence-electron chi connectivity index (χ1n) is 17.1. The van der Waals surface area contributed by atoms with Crippen LogP contribution >= 0.6 is 11.6 Å². The SMILES string of the molecule is COCCNc1noc(-c2ccc(Cl)cc2)c1C(=O)N1CC[C@@H]2NC(=O)CN(C)C(=O)CCc3ccc(c(OC)c3)Oc3cccc(c3)CO[C@H]2C1. The molecule has 3 aliphatic rings. The molecule has 3 amide bonds. The number of likely N-dealkylation sites (N-methyl/N-ethyl adjacent to an activating group) is 1. The lowest BCUT2D eigenvalue weighted by Crippen LogP contribution is -2.57. The average molecular weight is 732 g/mol. The fourth-order valence-electron chi connectivity index (χ4n) is 6.25. The number of piperidine rings is 1. The number of methoxy groups -OCH3 is 2. The minimum absolute atomic E-state index is 0.121. The molecule has 1 aromatic heterocycles. The minimum atomic E-state index is -0.592. The Morgan fingerprint density at radius 3 is 2.67 bits per heavy atom. The van der Waals surface area contributed by atoms with Gasteiger partial charge in [0.15, 0.2) is 23.1 Å². The molecule has 13 nitrogen and oxygen atoms in total. The maximum atomic E-state index is 14.4. The van der Waals surface area contributed by atoms with Crippen molar-refractivity contribution in [3.05, 3.63) is 88.4 Å². The Balaban J connectivity index is 1.27. The minimum Gasteiger partial charge on any atom is -0.493 e. The van der Waals surface area contributed by atoms with E-state index < -0.39 is 12.1 Å². The molecular weight excluding hydrogens is 690 g/mol. The van der Waals surface area contributed by atoms with Crippen LogP contribution in [0, 0.1) is 0 Å². The van der Waals surface area contributed by atoms with E-state index in [-0.39, 0.29) is 49.4 Å². The Labute approximate surface area is 307 Å². The highest BCUT2D eigenvalue weighted by molar-refractivity contribution is 6.30. The van der Waals surface area contributed by atoms with Crippen molar-refractivity contribution in [3.63, 3.8) is 0 Å². The van der Waals surface area contributed by atoms with Crippen molar-refractivity contribution in [2.24, 2.45) is 0 Å². The summed E-state index contributed by atoms with van der Waals surface area (Å²) in [5, 5.41) is 11.0. The molecule has 14 heteroatoms. The first-order valence-corrected chi connectivity index (χ1v) is 17.5. The number of benzene rings is 3. The monoisotopic (exact) mass is 731 g/mol. The van der Waals surface area contributed by atoms with Crippen LogP contribution in [0.2, 0.25) is 5.02 Å². The zero-order valence-corrected chi connectivity index (χ0v) is 30.1. The number of amides is 3. The van der Waals surface area contributed by atoms with Crippen molar-refractivity contribution in [1.29, 1.82) is 0 Å². The molecule has 0 aliphatic carbocycles. The number of rotatable bonds is 7. The Morgan fingerprint density at radius 1 is 1.06 bits per heavy atom. The van der Waals surface area contributed by atoms with Crippen molar-refractivity contribution in [2.45, 2.75) is 38.0 Å². The topological polar surface area (TPSA) is 145 Å². The van der Waals surface area contributed by atoms with E-state index in [1.165, 1.54) is 4.90 Å². The molecule has 0 unspecified atom stereocenters. The number of carbonyl (C=O) groups excluding carboxylic acids is 3. The van der Waals surface area contributed by atoms with Crippen LogP contribution in [0.3, 0.4) is 0 Å². The second-order valence-electron chi connectivity index (χ2n) is 12.7. The van der Waals surface area contributed by atoms with Gasteiger partial charge in [-0.1, -0.05) is 35.0 Å². The number of hydrogen-bond donors (Lipinski definition) is 2. The van der Waals surface area contributed by atoms with Gasteiger partial charge in [0, 0.05) is 50.8 Å². The number of aryl methyl sites for hydroxylation is 1. The first kappa shape index (κ1) is 36.7. The second-order valence-corrected chi connectivity index (χ2v) is 13.1. The molecule has 3 aliphatic heterocycles. The fraction of sp³-hybridized carbons (Fsp3) is 0.368. The number of nitrogens with one attached hydrogen (secondary N) is 2. The van der Waals surface area contributed by atoms with Gasteiger partial charge < -0.3 is 43.9 Å². The van der Waals surface area contributed by atoms with Crippen LogP contribution in [-0.2, 0) is 32.1 Å². The summed E-state index contributed by atoms with van der Waals surface area (Å²) >= 11 is 6.14. The van der Waals surface area contributed by atoms with E-state index in [9.17, 15) is 14.4 Å². The van der Waals surface area contributed by atoms with E-state index in [0.717, 1.165) is 11.1 Å². The Morgan fingerprint density at radius 2 is 1.88 bits per heavy atom. The zero-order valence-electron chi connectivity index (χ0n) is 29.4. The molecule has 1 fully saturated rings. The molecule has 274 valence electrons. The Kier molecular flexibility index (Phi) is 11.9. The number of carbonyl (C=O) groups is 3. The van der Waals surface area contributed by atoms with E-state index in [1.807, 2.05) is 42.5 Å². The van der Waals surface area contributed by atoms with E-state index in [0.29, 0.717) is 72.0 Å². The summed E-state index contributed by atoms with van der Waals surface area (Å²) in [6.45, 7) is 1.35. The standard InChI is InChI=1S/C38H42ClN5O8/c1-43-22-33(45)41-29-15-17-44(38(47)35-36(26-9-11-27(39)12-10-26)52-42-37(35)40-16-18-48-2)21-32(29)50-23-25-5-4-6-28(19-25)51-30-13-7-24(8-14-34(43)46)20-31(30)49-3/h4-7,9-13,19-20,29,32H,8,14-18,21-23H2,1-3H3,(H,40,42)(H,41,45)/t29-,32-/m0/s1. The molecule has 0 radical (unpaired) electrons. The van der Waals surface area contributed by atoms with E-state index in [4.69, 9.17) is 35.1 Å². The predicted octanol–water partition coefficient (Wildman–Crippen LogP) is 5.17. The van der Waals surface area contributed by atoms with Crippen molar-refractivity contribution >= 4 is 35.1 Å². The summed E-state index contributed by atoms with van der Waals surface area (Å²) in [7, 11) is 4.77. The quantitative estimate of drug-likeness (QED) is 0.244. The number of anilines is 1. The lowest BCUT2D eigenvalue weighted by Gasteiger charge is -2.39. The maximum Gasteiger partial charge on any atom is 0.261 e. The first-order chi connectivity index (χ1) is 25.2. The summed E-state index contributed by atoms with van der Waals surface area (Å²) in [5.41, 5.74) is 2.65. The Bertz CT molecular complexity index is 1880. The molecule has 0 saturated carbocycles. The zero-order chi connectivity index (χ0) is 36.6. The third-order valence-corrected chi connectivity index (χ3v) is 9.31. The molecule has 7 rings (SSSR count). The number of ether oxygens (including phenoxy) is 4. The maximum absolute atomic E-state index is 14.4. The Hall–Kier alpha value is -5.11. The molecule has 3 aromatic carbocycles. The summed E-state index contributed by atoms with van der Waals surface area (Å²) < 4.78 is 29.2. The van der Waals surface area contributed by atoms with Crippen molar-refractivity contribution in [1.82, 2.24) is 20.3 Å². The molecule has 4 aromatic rings. The number of likely N-dealkylation sites (tertiary alicyclic amines) is 1.